The van der Waals surface area contributed by atoms with Crippen molar-refractivity contribution in [1.82, 2.24) is 20.0 Å². The first-order chi connectivity index (χ1) is 12.8. The van der Waals surface area contributed by atoms with Crippen LogP contribution in [0.4, 0.5) is 10.6 Å². The number of nitrogens with two attached hydrogens (primary N) is 1. The third-order valence-corrected chi connectivity index (χ3v) is 4.04. The van der Waals surface area contributed by atoms with Crippen LogP contribution in [0.15, 0.2) is 22.9 Å². The fourth-order valence-electron chi connectivity index (χ4n) is 2.74. The van der Waals surface area contributed by atoms with Gasteiger partial charge in [-0.05, 0) is 45.7 Å². The molecule has 0 saturated carbocycles. The largest absolute Gasteiger partial charge is 0.444 e. The maximum absolute atomic E-state index is 12.1. The quantitative estimate of drug-likeness (QED) is 0.867. The molecule has 0 atom stereocenters. The van der Waals surface area contributed by atoms with Crippen LogP contribution in [0.2, 0.25) is 0 Å². The number of nitrogen functional groups attached to an aromatic ring is 1. The molecule has 9 nitrogen and oxygen atoms in total. The predicted molar refractivity (Wildman–Crippen MR) is 97.6 cm³/mol. The van der Waals surface area contributed by atoms with E-state index in [2.05, 4.69) is 15.1 Å². The summed E-state index contributed by atoms with van der Waals surface area (Å²) >= 11 is 0. The molecule has 1 amide bonds. The summed E-state index contributed by atoms with van der Waals surface area (Å²) in [5.74, 6) is 1.23. The number of carbonyl (C=O) groups excluding carboxylic acids is 1. The van der Waals surface area contributed by atoms with E-state index in [4.69, 9.17) is 19.7 Å². The van der Waals surface area contributed by atoms with Gasteiger partial charge in [0.25, 0.3) is 5.89 Å². The number of carbonyl (C=O) groups is 1. The lowest BCUT2D eigenvalue weighted by atomic mass is 10.1. The monoisotopic (exact) mass is 375 g/mol. The molecule has 1 aliphatic heterocycles. The van der Waals surface area contributed by atoms with E-state index in [9.17, 15) is 4.79 Å². The van der Waals surface area contributed by atoms with Crippen molar-refractivity contribution >= 4 is 11.9 Å². The van der Waals surface area contributed by atoms with Crippen molar-refractivity contribution in [3.05, 3.63) is 24.2 Å². The Labute approximate surface area is 157 Å². The minimum absolute atomic E-state index is 0.0437. The summed E-state index contributed by atoms with van der Waals surface area (Å²) in [6.07, 6.45) is 2.83. The number of nitrogens with zero attached hydrogens (tertiary/aromatic N) is 4. The van der Waals surface area contributed by atoms with Gasteiger partial charge < -0.3 is 24.6 Å². The van der Waals surface area contributed by atoms with Crippen LogP contribution < -0.4 is 5.73 Å². The molecule has 146 valence electrons. The van der Waals surface area contributed by atoms with Gasteiger partial charge in [0.1, 0.15) is 18.0 Å². The standard InChI is InChI=1S/C18H25N5O4/c1-18(2,3)26-17(24)23-8-5-13(6-9-23)25-11-15-21-16(27-22-15)12-4-7-20-14(19)10-12/h4,7,10,13H,5-6,8-9,11H2,1-3H3,(H2,19,20). The Kier molecular flexibility index (Phi) is 5.59. The molecule has 0 aromatic carbocycles. The van der Waals surface area contributed by atoms with Gasteiger partial charge in [0.15, 0.2) is 5.82 Å². The van der Waals surface area contributed by atoms with Crippen LogP contribution in [0.1, 0.15) is 39.4 Å². The molecule has 3 rings (SSSR count). The Morgan fingerprint density at radius 1 is 1.37 bits per heavy atom. The number of pyridine rings is 1. The van der Waals surface area contributed by atoms with E-state index in [1.54, 1.807) is 23.2 Å². The molecular formula is C18H25N5O4. The highest BCUT2D eigenvalue weighted by Crippen LogP contribution is 2.20. The number of anilines is 1. The highest BCUT2D eigenvalue weighted by atomic mass is 16.6. The Hall–Kier alpha value is -2.68. The molecule has 27 heavy (non-hydrogen) atoms. The second-order valence-electron chi connectivity index (χ2n) is 7.46. The molecular weight excluding hydrogens is 350 g/mol. The average molecular weight is 375 g/mol. The zero-order valence-electron chi connectivity index (χ0n) is 15.8. The highest BCUT2D eigenvalue weighted by molar-refractivity contribution is 5.68. The topological polar surface area (TPSA) is 117 Å². The molecule has 2 aromatic heterocycles. The lowest BCUT2D eigenvalue weighted by Gasteiger charge is -2.33. The summed E-state index contributed by atoms with van der Waals surface area (Å²) in [4.78, 5) is 22.0. The summed E-state index contributed by atoms with van der Waals surface area (Å²) in [5, 5.41) is 3.93. The molecule has 9 heteroatoms. The summed E-state index contributed by atoms with van der Waals surface area (Å²) in [5.41, 5.74) is 5.89. The highest BCUT2D eigenvalue weighted by Gasteiger charge is 2.27. The van der Waals surface area contributed by atoms with Crippen molar-refractivity contribution in [3.8, 4) is 11.5 Å². The molecule has 3 heterocycles. The van der Waals surface area contributed by atoms with E-state index in [-0.39, 0.29) is 18.8 Å². The smallest absolute Gasteiger partial charge is 0.410 e. The number of ether oxygens (including phenoxy) is 2. The predicted octanol–water partition coefficient (Wildman–Crippen LogP) is 2.63. The molecule has 1 fully saturated rings. The molecule has 1 aliphatic rings. The van der Waals surface area contributed by atoms with Gasteiger partial charge in [0, 0.05) is 24.8 Å². The molecule has 0 unspecified atom stereocenters. The minimum Gasteiger partial charge on any atom is -0.444 e. The van der Waals surface area contributed by atoms with Crippen molar-refractivity contribution in [2.45, 2.75) is 51.9 Å². The zero-order chi connectivity index (χ0) is 19.4. The van der Waals surface area contributed by atoms with Gasteiger partial charge in [-0.3, -0.25) is 0 Å². The molecule has 2 aromatic rings. The average Bonchev–Trinajstić information content (AvgIpc) is 3.08. The molecule has 0 spiro atoms. The van der Waals surface area contributed by atoms with Crippen LogP contribution in [0.3, 0.4) is 0 Å². The Bertz CT molecular complexity index is 778. The van der Waals surface area contributed by atoms with Crippen molar-refractivity contribution in [2.24, 2.45) is 0 Å². The first-order valence-electron chi connectivity index (χ1n) is 8.94. The third kappa shape index (κ3) is 5.40. The van der Waals surface area contributed by atoms with Crippen LogP contribution in [0.5, 0.6) is 0 Å². The van der Waals surface area contributed by atoms with Gasteiger partial charge in [-0.25, -0.2) is 9.78 Å². The van der Waals surface area contributed by atoms with Crippen molar-refractivity contribution < 1.29 is 18.8 Å². The van der Waals surface area contributed by atoms with Gasteiger partial charge >= 0.3 is 6.09 Å². The van der Waals surface area contributed by atoms with Crippen LogP contribution >= 0.6 is 0 Å². The van der Waals surface area contributed by atoms with Gasteiger partial charge in [-0.2, -0.15) is 4.98 Å². The number of aromatic nitrogens is 3. The maximum atomic E-state index is 12.1. The van der Waals surface area contributed by atoms with E-state index in [0.29, 0.717) is 36.2 Å². The number of rotatable bonds is 4. The fourth-order valence-corrected chi connectivity index (χ4v) is 2.74. The van der Waals surface area contributed by atoms with Crippen molar-refractivity contribution in [2.75, 3.05) is 18.8 Å². The van der Waals surface area contributed by atoms with Crippen LogP contribution in [0.25, 0.3) is 11.5 Å². The number of amides is 1. The first-order valence-corrected chi connectivity index (χ1v) is 8.94. The van der Waals surface area contributed by atoms with Gasteiger partial charge in [0.05, 0.1) is 6.10 Å². The molecule has 1 saturated heterocycles. The Morgan fingerprint density at radius 3 is 2.78 bits per heavy atom. The molecule has 0 radical (unpaired) electrons. The van der Waals surface area contributed by atoms with Crippen molar-refractivity contribution in [3.63, 3.8) is 0 Å². The lowest BCUT2D eigenvalue weighted by molar-refractivity contribution is -0.0190. The van der Waals surface area contributed by atoms with E-state index in [1.165, 1.54) is 0 Å². The van der Waals surface area contributed by atoms with E-state index in [0.717, 1.165) is 12.8 Å². The number of hydrogen-bond donors (Lipinski definition) is 1. The summed E-state index contributed by atoms with van der Waals surface area (Å²) in [6, 6.07) is 3.42. The van der Waals surface area contributed by atoms with Gasteiger partial charge in [0.2, 0.25) is 0 Å². The van der Waals surface area contributed by atoms with Crippen LogP contribution in [0, 0.1) is 0 Å². The minimum atomic E-state index is -0.486. The summed E-state index contributed by atoms with van der Waals surface area (Å²) < 4.78 is 16.5. The molecule has 2 N–H and O–H groups in total. The Balaban J connectivity index is 1.46. The van der Waals surface area contributed by atoms with E-state index in [1.807, 2.05) is 20.8 Å². The molecule has 0 aliphatic carbocycles. The maximum Gasteiger partial charge on any atom is 0.410 e. The number of hydrogen-bond acceptors (Lipinski definition) is 8. The SMILES string of the molecule is CC(C)(C)OC(=O)N1CCC(OCc2noc(-c3ccnc(N)c3)n2)CC1. The summed E-state index contributed by atoms with van der Waals surface area (Å²) in [7, 11) is 0. The normalized spacial score (nSPS) is 15.7. The van der Waals surface area contributed by atoms with Crippen LogP contribution in [-0.4, -0.2) is 50.9 Å². The first kappa shape index (κ1) is 19.1. The second kappa shape index (κ2) is 7.91. The number of likely N-dealkylation sites (tertiary alicyclic amines) is 1. The van der Waals surface area contributed by atoms with Crippen LogP contribution in [-0.2, 0) is 16.1 Å². The van der Waals surface area contributed by atoms with Crippen molar-refractivity contribution in [1.29, 1.82) is 0 Å². The third-order valence-electron chi connectivity index (χ3n) is 4.04. The zero-order valence-corrected chi connectivity index (χ0v) is 15.8. The lowest BCUT2D eigenvalue weighted by Crippen LogP contribution is -2.43. The van der Waals surface area contributed by atoms with E-state index < -0.39 is 5.60 Å². The second-order valence-corrected chi connectivity index (χ2v) is 7.46. The van der Waals surface area contributed by atoms with Gasteiger partial charge in [-0.15, -0.1) is 0 Å². The van der Waals surface area contributed by atoms with E-state index >= 15 is 0 Å². The van der Waals surface area contributed by atoms with Gasteiger partial charge in [-0.1, -0.05) is 5.16 Å². The Morgan fingerprint density at radius 2 is 2.11 bits per heavy atom. The number of piperidine rings is 1. The molecule has 0 bridgehead atoms. The summed E-state index contributed by atoms with van der Waals surface area (Å²) in [6.45, 7) is 7.04. The fraction of sp³-hybridized carbons (Fsp3) is 0.556.